The summed E-state index contributed by atoms with van der Waals surface area (Å²) in [5.74, 6) is 1.94. The number of urea groups is 1. The Morgan fingerprint density at radius 2 is 1.92 bits per heavy atom. The number of anilines is 3. The number of hydrogen-bond acceptors (Lipinski definition) is 6. The number of hydrogen-bond donors (Lipinski definition) is 2. The summed E-state index contributed by atoms with van der Waals surface area (Å²) in [6.07, 6.45) is 1.44. The number of nitrogens with one attached hydrogen (secondary N) is 2. The molecule has 8 nitrogen and oxygen atoms in total. The average Bonchev–Trinajstić information content (AvgIpc) is 2.63. The Kier molecular flexibility index (Phi) is 5.07. The molecule has 1 aliphatic rings. The number of rotatable bonds is 4. The second-order valence-corrected chi connectivity index (χ2v) is 5.17. The minimum Gasteiger partial charge on any atom is -0.497 e. The zero-order valence-corrected chi connectivity index (χ0v) is 13.4. The molecule has 1 aliphatic heterocycles. The van der Waals surface area contributed by atoms with Crippen molar-refractivity contribution in [3.63, 3.8) is 0 Å². The van der Waals surface area contributed by atoms with E-state index < -0.39 is 0 Å². The van der Waals surface area contributed by atoms with Crippen LogP contribution in [0.25, 0.3) is 0 Å². The van der Waals surface area contributed by atoms with E-state index >= 15 is 0 Å². The van der Waals surface area contributed by atoms with Crippen molar-refractivity contribution in [1.29, 1.82) is 0 Å². The van der Waals surface area contributed by atoms with E-state index in [1.54, 1.807) is 37.4 Å². The fraction of sp³-hybridized carbons (Fsp3) is 0.312. The number of carbonyl (C=O) groups excluding carboxylic acids is 1. The molecule has 2 amide bonds. The molecule has 0 spiro atoms. The summed E-state index contributed by atoms with van der Waals surface area (Å²) in [6, 6.07) is 8.45. The largest absolute Gasteiger partial charge is 0.497 e. The van der Waals surface area contributed by atoms with Gasteiger partial charge in [-0.1, -0.05) is 0 Å². The minimum atomic E-state index is -0.369. The van der Waals surface area contributed by atoms with Crippen LogP contribution in [0.5, 0.6) is 5.75 Å². The molecule has 2 heterocycles. The second-order valence-electron chi connectivity index (χ2n) is 5.17. The molecule has 0 saturated carbocycles. The number of carbonyl (C=O) groups is 1. The Hall–Kier alpha value is -2.87. The highest BCUT2D eigenvalue weighted by atomic mass is 16.5. The number of methoxy groups -OCH3 is 1. The van der Waals surface area contributed by atoms with Crippen molar-refractivity contribution >= 4 is 23.4 Å². The smallest absolute Gasteiger partial charge is 0.324 e. The van der Waals surface area contributed by atoms with Crippen LogP contribution in [0.3, 0.4) is 0 Å². The van der Waals surface area contributed by atoms with E-state index in [0.29, 0.717) is 24.7 Å². The second kappa shape index (κ2) is 7.60. The molecule has 24 heavy (non-hydrogen) atoms. The van der Waals surface area contributed by atoms with Crippen LogP contribution in [0.4, 0.5) is 22.1 Å². The molecule has 1 aromatic heterocycles. The van der Waals surface area contributed by atoms with Gasteiger partial charge in [-0.25, -0.2) is 14.8 Å². The number of ether oxygens (including phenoxy) is 2. The van der Waals surface area contributed by atoms with Crippen LogP contribution in [0.2, 0.25) is 0 Å². The molecule has 0 unspecified atom stereocenters. The quantitative estimate of drug-likeness (QED) is 0.891. The predicted molar refractivity (Wildman–Crippen MR) is 90.7 cm³/mol. The van der Waals surface area contributed by atoms with Crippen molar-refractivity contribution in [2.24, 2.45) is 0 Å². The number of aromatic nitrogens is 2. The van der Waals surface area contributed by atoms with Gasteiger partial charge < -0.3 is 19.7 Å². The van der Waals surface area contributed by atoms with Crippen molar-refractivity contribution in [1.82, 2.24) is 9.97 Å². The van der Waals surface area contributed by atoms with Gasteiger partial charge in [0.15, 0.2) is 0 Å². The molecular weight excluding hydrogens is 310 g/mol. The molecule has 3 rings (SSSR count). The molecule has 8 heteroatoms. The maximum Gasteiger partial charge on any atom is 0.324 e. The predicted octanol–water partition coefficient (Wildman–Crippen LogP) is 1.97. The van der Waals surface area contributed by atoms with Crippen molar-refractivity contribution in [3.8, 4) is 5.75 Å². The number of morpholine rings is 1. The third-order valence-corrected chi connectivity index (χ3v) is 3.58. The molecule has 0 aliphatic carbocycles. The maximum atomic E-state index is 12.1. The third kappa shape index (κ3) is 4.11. The van der Waals surface area contributed by atoms with Crippen LogP contribution in [0.1, 0.15) is 0 Å². The summed E-state index contributed by atoms with van der Waals surface area (Å²) in [6.45, 7) is 2.89. The van der Waals surface area contributed by atoms with Crippen LogP contribution < -0.4 is 20.3 Å². The van der Waals surface area contributed by atoms with E-state index in [2.05, 4.69) is 25.5 Å². The highest BCUT2D eigenvalue weighted by molar-refractivity contribution is 5.99. The lowest BCUT2D eigenvalue weighted by Crippen LogP contribution is -2.36. The first kappa shape index (κ1) is 16.0. The minimum absolute atomic E-state index is 0.369. The Morgan fingerprint density at radius 1 is 1.17 bits per heavy atom. The van der Waals surface area contributed by atoms with Gasteiger partial charge in [0, 0.05) is 24.8 Å². The van der Waals surface area contributed by atoms with Gasteiger partial charge in [-0.2, -0.15) is 0 Å². The van der Waals surface area contributed by atoms with Gasteiger partial charge >= 0.3 is 6.03 Å². The number of amides is 2. The van der Waals surface area contributed by atoms with Crippen LogP contribution in [0, 0.1) is 0 Å². The van der Waals surface area contributed by atoms with E-state index in [1.807, 2.05) is 0 Å². The third-order valence-electron chi connectivity index (χ3n) is 3.58. The van der Waals surface area contributed by atoms with E-state index in [1.165, 1.54) is 6.33 Å². The number of nitrogens with zero attached hydrogens (tertiary/aromatic N) is 3. The summed E-state index contributed by atoms with van der Waals surface area (Å²) in [5.41, 5.74) is 0.663. The van der Waals surface area contributed by atoms with Gasteiger partial charge in [0.1, 0.15) is 23.7 Å². The summed E-state index contributed by atoms with van der Waals surface area (Å²) in [4.78, 5) is 22.5. The maximum absolute atomic E-state index is 12.1. The average molecular weight is 329 g/mol. The first-order valence-electron chi connectivity index (χ1n) is 7.61. The molecule has 1 saturated heterocycles. The van der Waals surface area contributed by atoms with Crippen LogP contribution >= 0.6 is 0 Å². The molecule has 0 atom stereocenters. The van der Waals surface area contributed by atoms with Gasteiger partial charge in [0.05, 0.1) is 20.3 Å². The molecular formula is C16H19N5O3. The number of benzene rings is 1. The van der Waals surface area contributed by atoms with Crippen LogP contribution in [0.15, 0.2) is 36.7 Å². The molecule has 2 N–H and O–H groups in total. The summed E-state index contributed by atoms with van der Waals surface area (Å²) in [7, 11) is 1.59. The zero-order valence-electron chi connectivity index (χ0n) is 13.4. The van der Waals surface area contributed by atoms with E-state index in [-0.39, 0.29) is 6.03 Å². The van der Waals surface area contributed by atoms with Crippen LogP contribution in [-0.2, 0) is 4.74 Å². The fourth-order valence-corrected chi connectivity index (χ4v) is 2.33. The molecule has 0 bridgehead atoms. The van der Waals surface area contributed by atoms with E-state index in [9.17, 15) is 4.79 Å². The molecule has 126 valence electrons. The summed E-state index contributed by atoms with van der Waals surface area (Å²) in [5, 5.41) is 5.45. The topological polar surface area (TPSA) is 88.6 Å². The normalized spacial score (nSPS) is 14.1. The monoisotopic (exact) mass is 329 g/mol. The lowest BCUT2D eigenvalue weighted by Gasteiger charge is -2.27. The van der Waals surface area contributed by atoms with Crippen molar-refractivity contribution in [2.45, 2.75) is 0 Å². The Balaban J connectivity index is 1.61. The molecule has 2 aromatic rings. The summed E-state index contributed by atoms with van der Waals surface area (Å²) >= 11 is 0. The highest BCUT2D eigenvalue weighted by Crippen LogP contribution is 2.17. The lowest BCUT2D eigenvalue weighted by molar-refractivity contribution is 0.122. The first-order chi connectivity index (χ1) is 11.7. The van der Waals surface area contributed by atoms with Gasteiger partial charge in [0.2, 0.25) is 0 Å². The van der Waals surface area contributed by atoms with E-state index in [0.717, 1.165) is 24.7 Å². The van der Waals surface area contributed by atoms with Crippen molar-refractivity contribution < 1.29 is 14.3 Å². The fourth-order valence-electron chi connectivity index (χ4n) is 2.33. The van der Waals surface area contributed by atoms with Gasteiger partial charge in [-0.15, -0.1) is 0 Å². The lowest BCUT2D eigenvalue weighted by atomic mass is 10.3. The highest BCUT2D eigenvalue weighted by Gasteiger charge is 2.13. The standard InChI is InChI=1S/C16H19N5O3/c1-23-13-4-2-12(3-5-13)19-16(22)20-14-10-15(18-11-17-14)21-6-8-24-9-7-21/h2-5,10-11H,6-9H2,1H3,(H2,17,18,19,20,22). The Bertz CT molecular complexity index is 686. The SMILES string of the molecule is COc1ccc(NC(=O)Nc2cc(N3CCOCC3)ncn2)cc1. The molecule has 1 fully saturated rings. The van der Waals surface area contributed by atoms with Crippen LogP contribution in [-0.4, -0.2) is 49.4 Å². The first-order valence-corrected chi connectivity index (χ1v) is 7.61. The van der Waals surface area contributed by atoms with Crippen molar-refractivity contribution in [3.05, 3.63) is 36.7 Å². The Labute approximate surface area is 139 Å². The molecule has 1 aromatic carbocycles. The molecule has 0 radical (unpaired) electrons. The van der Waals surface area contributed by atoms with Gasteiger partial charge in [-0.3, -0.25) is 5.32 Å². The van der Waals surface area contributed by atoms with Gasteiger partial charge in [-0.05, 0) is 24.3 Å². The van der Waals surface area contributed by atoms with Crippen molar-refractivity contribution in [2.75, 3.05) is 48.9 Å². The zero-order chi connectivity index (χ0) is 16.8. The van der Waals surface area contributed by atoms with E-state index in [4.69, 9.17) is 9.47 Å². The Morgan fingerprint density at radius 3 is 2.62 bits per heavy atom. The van der Waals surface area contributed by atoms with Gasteiger partial charge in [0.25, 0.3) is 0 Å². The summed E-state index contributed by atoms with van der Waals surface area (Å²) < 4.78 is 10.4.